The van der Waals surface area contributed by atoms with Gasteiger partial charge in [-0.05, 0) is 37.6 Å². The van der Waals surface area contributed by atoms with Gasteiger partial charge in [-0.2, -0.15) is 0 Å². The number of carbonyl (C=O) groups is 1. The molecule has 2 atom stereocenters. The van der Waals surface area contributed by atoms with Crippen molar-refractivity contribution < 1.29 is 23.7 Å². The number of nitrogens with zero attached hydrogens (tertiary/aromatic N) is 3. The molecule has 2 aliphatic heterocycles. The molecule has 2 aromatic carbocycles. The molecular formula is C25H30ClN3O5S. The molecule has 1 amide bonds. The lowest BCUT2D eigenvalue weighted by Gasteiger charge is -2.34. The monoisotopic (exact) mass is 519 g/mol. The number of amides is 1. The van der Waals surface area contributed by atoms with Crippen molar-refractivity contribution in [2.24, 2.45) is 0 Å². The van der Waals surface area contributed by atoms with E-state index < -0.39 is 12.2 Å². The Balaban J connectivity index is 0.00000289. The highest BCUT2D eigenvalue weighted by Crippen LogP contribution is 2.38. The second-order valence-electron chi connectivity index (χ2n) is 8.51. The molecule has 0 radical (unpaired) electrons. The van der Waals surface area contributed by atoms with Crippen molar-refractivity contribution in [2.45, 2.75) is 26.1 Å². The lowest BCUT2D eigenvalue weighted by Crippen LogP contribution is -2.52. The van der Waals surface area contributed by atoms with Gasteiger partial charge in [-0.3, -0.25) is 14.6 Å². The van der Waals surface area contributed by atoms with Gasteiger partial charge in [0.2, 0.25) is 6.10 Å². The summed E-state index contributed by atoms with van der Waals surface area (Å²) in [6.07, 6.45) is -1.20. The third-order valence-electron chi connectivity index (χ3n) is 6.24. The number of halogens is 1. The molecule has 35 heavy (non-hydrogen) atoms. The molecular weight excluding hydrogens is 490 g/mol. The Morgan fingerprint density at radius 3 is 2.60 bits per heavy atom. The molecule has 1 aromatic heterocycles. The lowest BCUT2D eigenvalue weighted by atomic mass is 10.1. The number of benzene rings is 2. The van der Waals surface area contributed by atoms with Gasteiger partial charge in [0.1, 0.15) is 17.4 Å². The fraction of sp³-hybridized carbons (Fsp3) is 0.440. The average Bonchev–Trinajstić information content (AvgIpc) is 3.30. The summed E-state index contributed by atoms with van der Waals surface area (Å²) < 4.78 is 24.2. The Labute approximate surface area is 215 Å². The fourth-order valence-corrected chi connectivity index (χ4v) is 5.37. The van der Waals surface area contributed by atoms with Crippen LogP contribution in [-0.4, -0.2) is 74.5 Å². The van der Waals surface area contributed by atoms with Crippen molar-refractivity contribution in [2.75, 3.05) is 51.4 Å². The van der Waals surface area contributed by atoms with Gasteiger partial charge in [0.15, 0.2) is 16.6 Å². The van der Waals surface area contributed by atoms with Crippen LogP contribution in [0.1, 0.15) is 12.5 Å². The quantitative estimate of drug-likeness (QED) is 0.488. The molecule has 0 bridgehead atoms. The van der Waals surface area contributed by atoms with E-state index in [1.165, 1.54) is 11.3 Å². The number of morpholine rings is 1. The first-order chi connectivity index (χ1) is 16.5. The van der Waals surface area contributed by atoms with E-state index in [1.807, 2.05) is 50.2 Å². The Bertz CT molecular complexity index is 1180. The van der Waals surface area contributed by atoms with Crippen LogP contribution in [0.5, 0.6) is 17.2 Å². The Hall–Kier alpha value is -2.59. The summed E-state index contributed by atoms with van der Waals surface area (Å²) in [6, 6.07) is 11.4. The smallest absolute Gasteiger partial charge is 0.273 e. The lowest BCUT2D eigenvalue weighted by molar-refractivity contribution is -0.130. The molecule has 0 spiro atoms. The van der Waals surface area contributed by atoms with Crippen LogP contribution < -0.4 is 19.1 Å². The number of aromatic nitrogens is 1. The zero-order chi connectivity index (χ0) is 23.7. The minimum Gasteiger partial charge on any atom is -0.494 e. The van der Waals surface area contributed by atoms with Crippen LogP contribution in [0, 0.1) is 6.92 Å². The number of methoxy groups -OCH3 is 1. The molecule has 2 unspecified atom stereocenters. The molecule has 0 aliphatic carbocycles. The molecule has 10 heteroatoms. The van der Waals surface area contributed by atoms with Gasteiger partial charge in [-0.15, -0.1) is 12.4 Å². The molecule has 0 N–H and O–H groups in total. The number of ether oxygens (including phenoxy) is 4. The SMILES string of the molecule is COc1ccc(C)c2sc(N(CCN3CCOCC3)C(=O)C3Oc4ccccc4OC3C)nc12.Cl. The number of hydrogen-bond acceptors (Lipinski definition) is 8. The summed E-state index contributed by atoms with van der Waals surface area (Å²) in [6.45, 7) is 8.24. The van der Waals surface area contributed by atoms with E-state index in [4.69, 9.17) is 23.9 Å². The van der Waals surface area contributed by atoms with Crippen molar-refractivity contribution in [3.05, 3.63) is 42.0 Å². The van der Waals surface area contributed by atoms with Crippen molar-refractivity contribution in [1.29, 1.82) is 0 Å². The van der Waals surface area contributed by atoms with Crippen LogP contribution in [0.3, 0.4) is 0 Å². The Morgan fingerprint density at radius 2 is 1.89 bits per heavy atom. The van der Waals surface area contributed by atoms with Gasteiger partial charge < -0.3 is 18.9 Å². The summed E-state index contributed by atoms with van der Waals surface area (Å²) in [7, 11) is 1.64. The maximum absolute atomic E-state index is 13.9. The van der Waals surface area contributed by atoms with Gasteiger partial charge in [0.05, 0.1) is 25.0 Å². The third kappa shape index (κ3) is 5.18. The molecule has 3 heterocycles. The summed E-state index contributed by atoms with van der Waals surface area (Å²) in [5, 5.41) is 0.635. The van der Waals surface area contributed by atoms with Gasteiger partial charge in [0, 0.05) is 26.2 Å². The first kappa shape index (κ1) is 25.5. The van der Waals surface area contributed by atoms with Gasteiger partial charge >= 0.3 is 0 Å². The summed E-state index contributed by atoms with van der Waals surface area (Å²) in [5.41, 5.74) is 1.87. The maximum atomic E-state index is 13.9. The predicted octanol–water partition coefficient (Wildman–Crippen LogP) is 3.93. The molecule has 188 valence electrons. The summed E-state index contributed by atoms with van der Waals surface area (Å²) >= 11 is 1.50. The van der Waals surface area contributed by atoms with Gasteiger partial charge in [-0.1, -0.05) is 29.5 Å². The number of carbonyl (C=O) groups excluding carboxylic acids is 1. The van der Waals surface area contributed by atoms with Crippen LogP contribution in [0.2, 0.25) is 0 Å². The number of para-hydroxylation sites is 2. The van der Waals surface area contributed by atoms with Crippen LogP contribution in [0.25, 0.3) is 10.2 Å². The van der Waals surface area contributed by atoms with E-state index in [9.17, 15) is 4.79 Å². The van der Waals surface area contributed by atoms with Crippen molar-refractivity contribution in [1.82, 2.24) is 9.88 Å². The Morgan fingerprint density at radius 1 is 1.17 bits per heavy atom. The van der Waals surface area contributed by atoms with E-state index in [0.29, 0.717) is 42.1 Å². The predicted molar refractivity (Wildman–Crippen MR) is 139 cm³/mol. The number of fused-ring (bicyclic) bond motifs is 2. The summed E-state index contributed by atoms with van der Waals surface area (Å²) in [5.74, 6) is 1.77. The molecule has 5 rings (SSSR count). The molecule has 8 nitrogen and oxygen atoms in total. The minimum atomic E-state index is -0.769. The zero-order valence-corrected chi connectivity index (χ0v) is 21.7. The number of hydrogen-bond donors (Lipinski definition) is 0. The standard InChI is InChI=1S/C25H29N3O5S.ClH/c1-16-8-9-20(30-3)21-23(16)34-25(26-21)28(11-10-27-12-14-31-15-13-27)24(29)22-17(2)32-18-6-4-5-7-19(18)33-22;/h4-9,17,22H,10-15H2,1-3H3;1H. The zero-order valence-electron chi connectivity index (χ0n) is 20.1. The van der Waals surface area contributed by atoms with E-state index >= 15 is 0 Å². The van der Waals surface area contributed by atoms with Gasteiger partial charge in [-0.25, -0.2) is 4.98 Å². The number of rotatable bonds is 6. The fourth-order valence-electron chi connectivity index (χ4n) is 4.29. The van der Waals surface area contributed by atoms with Crippen molar-refractivity contribution in [3.63, 3.8) is 0 Å². The highest BCUT2D eigenvalue weighted by molar-refractivity contribution is 7.22. The molecule has 3 aromatic rings. The van der Waals surface area contributed by atoms with Crippen LogP contribution in [0.15, 0.2) is 36.4 Å². The largest absolute Gasteiger partial charge is 0.494 e. The normalized spacial score (nSPS) is 19.7. The van der Waals surface area contributed by atoms with Gasteiger partial charge in [0.25, 0.3) is 5.91 Å². The molecule has 1 saturated heterocycles. The molecule has 2 aliphatic rings. The summed E-state index contributed by atoms with van der Waals surface area (Å²) in [4.78, 5) is 22.8. The van der Waals surface area contributed by atoms with E-state index in [1.54, 1.807) is 12.0 Å². The van der Waals surface area contributed by atoms with E-state index in [-0.39, 0.29) is 18.3 Å². The maximum Gasteiger partial charge on any atom is 0.273 e. The highest BCUT2D eigenvalue weighted by Gasteiger charge is 2.38. The Kier molecular flexibility index (Phi) is 8.01. The minimum absolute atomic E-state index is 0. The number of anilines is 1. The van der Waals surface area contributed by atoms with Crippen molar-refractivity contribution in [3.8, 4) is 17.2 Å². The van der Waals surface area contributed by atoms with Crippen LogP contribution in [-0.2, 0) is 9.53 Å². The van der Waals surface area contributed by atoms with Crippen LogP contribution >= 0.6 is 23.7 Å². The van der Waals surface area contributed by atoms with Crippen molar-refractivity contribution >= 4 is 45.0 Å². The topological polar surface area (TPSA) is 73.4 Å². The second-order valence-corrected chi connectivity index (χ2v) is 9.49. The first-order valence-electron chi connectivity index (χ1n) is 11.5. The average molecular weight is 520 g/mol. The first-order valence-corrected chi connectivity index (χ1v) is 12.3. The van der Waals surface area contributed by atoms with E-state index in [2.05, 4.69) is 4.90 Å². The third-order valence-corrected chi connectivity index (χ3v) is 7.45. The second kappa shape index (κ2) is 11.0. The van der Waals surface area contributed by atoms with E-state index in [0.717, 1.165) is 35.4 Å². The van der Waals surface area contributed by atoms with Crippen LogP contribution in [0.4, 0.5) is 5.13 Å². The number of aryl methyl sites for hydroxylation is 1. The highest BCUT2D eigenvalue weighted by atomic mass is 35.5. The molecule has 1 fully saturated rings. The number of thiazole rings is 1. The molecule has 0 saturated carbocycles.